The van der Waals surface area contributed by atoms with Gasteiger partial charge in [0.2, 0.25) is 17.2 Å². The van der Waals surface area contributed by atoms with Gasteiger partial charge in [-0.1, -0.05) is 0 Å². The van der Waals surface area contributed by atoms with Crippen molar-refractivity contribution >= 4 is 28.8 Å². The van der Waals surface area contributed by atoms with Gasteiger partial charge in [0.05, 0.1) is 11.8 Å². The molecule has 9 heteroatoms. The van der Waals surface area contributed by atoms with Gasteiger partial charge in [0.1, 0.15) is 17.3 Å². The van der Waals surface area contributed by atoms with E-state index in [0.29, 0.717) is 17.6 Å². The van der Waals surface area contributed by atoms with Gasteiger partial charge in [-0.15, -0.1) is 0 Å². The first-order chi connectivity index (χ1) is 12.3. The Morgan fingerprint density at radius 1 is 1.31 bits per heavy atom. The molecule has 0 bridgehead atoms. The molecule has 0 aliphatic carbocycles. The number of likely N-dealkylation sites (N-methyl/N-ethyl adjacent to an activating group) is 1. The molecule has 1 atom stereocenters. The molecule has 0 radical (unpaired) electrons. The Balaban J connectivity index is 2.48. The van der Waals surface area contributed by atoms with Crippen molar-refractivity contribution in [1.29, 1.82) is 0 Å². The van der Waals surface area contributed by atoms with E-state index in [1.165, 1.54) is 13.2 Å². The first-order valence-electron chi connectivity index (χ1n) is 8.10. The number of nitrogens with two attached hydrogens (primary N) is 1. The second-order valence-electron chi connectivity index (χ2n) is 5.79. The molecule has 0 spiro atoms. The van der Waals surface area contributed by atoms with E-state index in [1.807, 2.05) is 13.8 Å². The smallest absolute Gasteiger partial charge is 0.257 e. The van der Waals surface area contributed by atoms with Crippen LogP contribution in [0.15, 0.2) is 23.1 Å². The third-order valence-corrected chi connectivity index (χ3v) is 3.92. The standard InChI is InChI=1S/C17H21N5O4/c1-4-22-8-11(14(24)10-6-5-9(2)20-15(10)22)16(25)21-12(7-13(18)23)17(26)19-3/h5-6,8,12H,4,7H2,1-3H3,(H2,18,23)(H,19,26)(H,21,25)/t12-/m0/s1. The Labute approximate surface area is 149 Å². The van der Waals surface area contributed by atoms with Crippen molar-refractivity contribution in [1.82, 2.24) is 20.2 Å². The summed E-state index contributed by atoms with van der Waals surface area (Å²) in [5.41, 5.74) is 5.72. The number of nitrogens with zero attached hydrogens (tertiary/aromatic N) is 2. The highest BCUT2D eigenvalue weighted by Crippen LogP contribution is 2.11. The van der Waals surface area contributed by atoms with E-state index < -0.39 is 29.2 Å². The summed E-state index contributed by atoms with van der Waals surface area (Å²) in [6.45, 7) is 4.16. The van der Waals surface area contributed by atoms with Crippen molar-refractivity contribution < 1.29 is 14.4 Å². The van der Waals surface area contributed by atoms with Crippen LogP contribution in [0.1, 0.15) is 29.4 Å². The lowest BCUT2D eigenvalue weighted by Crippen LogP contribution is -2.48. The van der Waals surface area contributed by atoms with Gasteiger partial charge in [0, 0.05) is 25.5 Å². The minimum absolute atomic E-state index is 0.136. The lowest BCUT2D eigenvalue weighted by atomic mass is 10.1. The maximum atomic E-state index is 12.7. The maximum absolute atomic E-state index is 12.7. The number of primary amides is 1. The molecule has 0 unspecified atom stereocenters. The number of hydrogen-bond acceptors (Lipinski definition) is 5. The van der Waals surface area contributed by atoms with Crippen molar-refractivity contribution in [2.45, 2.75) is 32.9 Å². The number of aromatic nitrogens is 2. The molecule has 0 fully saturated rings. The quantitative estimate of drug-likeness (QED) is 0.635. The van der Waals surface area contributed by atoms with Crippen molar-refractivity contribution in [3.8, 4) is 0 Å². The van der Waals surface area contributed by atoms with Gasteiger partial charge in [-0.05, 0) is 26.0 Å². The third kappa shape index (κ3) is 3.88. The van der Waals surface area contributed by atoms with Crippen LogP contribution in [-0.4, -0.2) is 40.4 Å². The Morgan fingerprint density at radius 2 is 2.00 bits per heavy atom. The first kappa shape index (κ1) is 19.1. The van der Waals surface area contributed by atoms with Gasteiger partial charge >= 0.3 is 0 Å². The number of nitrogens with one attached hydrogen (secondary N) is 2. The molecular weight excluding hydrogens is 338 g/mol. The van der Waals surface area contributed by atoms with Gasteiger partial charge < -0.3 is 20.9 Å². The average Bonchev–Trinajstić information content (AvgIpc) is 2.60. The average molecular weight is 359 g/mol. The van der Waals surface area contributed by atoms with Crippen LogP contribution in [0.3, 0.4) is 0 Å². The number of carbonyl (C=O) groups excluding carboxylic acids is 3. The zero-order valence-electron chi connectivity index (χ0n) is 14.8. The van der Waals surface area contributed by atoms with E-state index in [4.69, 9.17) is 5.73 Å². The zero-order valence-corrected chi connectivity index (χ0v) is 14.8. The number of fused-ring (bicyclic) bond motifs is 1. The summed E-state index contributed by atoms with van der Waals surface area (Å²) in [5, 5.41) is 5.05. The summed E-state index contributed by atoms with van der Waals surface area (Å²) in [7, 11) is 1.37. The summed E-state index contributed by atoms with van der Waals surface area (Å²) in [5.74, 6) is -2.08. The van der Waals surface area contributed by atoms with E-state index >= 15 is 0 Å². The normalized spacial score (nSPS) is 11.8. The minimum atomic E-state index is -1.16. The van der Waals surface area contributed by atoms with Crippen LogP contribution in [0.25, 0.3) is 11.0 Å². The van der Waals surface area contributed by atoms with E-state index in [0.717, 1.165) is 5.69 Å². The molecule has 2 rings (SSSR count). The predicted molar refractivity (Wildman–Crippen MR) is 95.5 cm³/mol. The molecule has 2 heterocycles. The van der Waals surface area contributed by atoms with Crippen LogP contribution in [0, 0.1) is 6.92 Å². The van der Waals surface area contributed by atoms with Crippen LogP contribution < -0.4 is 21.8 Å². The molecule has 138 valence electrons. The van der Waals surface area contributed by atoms with E-state index in [9.17, 15) is 19.2 Å². The number of rotatable bonds is 6. The van der Waals surface area contributed by atoms with Crippen LogP contribution in [0.5, 0.6) is 0 Å². The van der Waals surface area contributed by atoms with Gasteiger partial charge in [0.25, 0.3) is 5.91 Å². The molecule has 26 heavy (non-hydrogen) atoms. The topological polar surface area (TPSA) is 136 Å². The summed E-state index contributed by atoms with van der Waals surface area (Å²) in [6, 6.07) is 2.14. The number of amides is 3. The van der Waals surface area contributed by atoms with Gasteiger partial charge in [0.15, 0.2) is 0 Å². The van der Waals surface area contributed by atoms with Crippen molar-refractivity contribution in [2.75, 3.05) is 7.05 Å². The van der Waals surface area contributed by atoms with E-state index in [1.54, 1.807) is 16.7 Å². The van der Waals surface area contributed by atoms with Gasteiger partial charge in [-0.25, -0.2) is 4.98 Å². The number of aryl methyl sites for hydroxylation is 2. The van der Waals surface area contributed by atoms with Crippen molar-refractivity contribution in [3.05, 3.63) is 39.8 Å². The second kappa shape index (κ2) is 7.77. The molecule has 4 N–H and O–H groups in total. The monoisotopic (exact) mass is 359 g/mol. The number of pyridine rings is 2. The highest BCUT2D eigenvalue weighted by molar-refractivity contribution is 6.00. The number of hydrogen-bond donors (Lipinski definition) is 3. The van der Waals surface area contributed by atoms with E-state index in [2.05, 4.69) is 15.6 Å². The van der Waals surface area contributed by atoms with Crippen LogP contribution in [-0.2, 0) is 16.1 Å². The molecule has 2 aromatic rings. The van der Waals surface area contributed by atoms with Crippen molar-refractivity contribution in [3.63, 3.8) is 0 Å². The summed E-state index contributed by atoms with van der Waals surface area (Å²) >= 11 is 0. The fourth-order valence-electron chi connectivity index (χ4n) is 2.58. The molecule has 0 aliphatic heterocycles. The van der Waals surface area contributed by atoms with Crippen LogP contribution in [0.4, 0.5) is 0 Å². The Bertz CT molecular complexity index is 935. The van der Waals surface area contributed by atoms with Gasteiger partial charge in [-0.2, -0.15) is 0 Å². The Morgan fingerprint density at radius 3 is 2.58 bits per heavy atom. The third-order valence-electron chi connectivity index (χ3n) is 3.92. The lowest BCUT2D eigenvalue weighted by molar-refractivity contribution is -0.126. The van der Waals surface area contributed by atoms with Gasteiger partial charge in [-0.3, -0.25) is 19.2 Å². The Hall–Kier alpha value is -3.23. The molecule has 9 nitrogen and oxygen atoms in total. The molecule has 0 aromatic carbocycles. The summed E-state index contributed by atoms with van der Waals surface area (Å²) in [4.78, 5) is 52.6. The fraction of sp³-hybridized carbons (Fsp3) is 0.353. The summed E-state index contributed by atoms with van der Waals surface area (Å²) in [6.07, 6.45) is 1.03. The molecular formula is C17H21N5O4. The second-order valence-corrected chi connectivity index (χ2v) is 5.79. The Kier molecular flexibility index (Phi) is 5.71. The van der Waals surface area contributed by atoms with Crippen LogP contribution >= 0.6 is 0 Å². The minimum Gasteiger partial charge on any atom is -0.370 e. The maximum Gasteiger partial charge on any atom is 0.257 e. The van der Waals surface area contributed by atoms with Crippen molar-refractivity contribution in [2.24, 2.45) is 5.73 Å². The zero-order chi connectivity index (χ0) is 19.4. The highest BCUT2D eigenvalue weighted by atomic mass is 16.2. The fourth-order valence-corrected chi connectivity index (χ4v) is 2.58. The number of carbonyl (C=O) groups is 3. The van der Waals surface area contributed by atoms with Crippen LogP contribution in [0.2, 0.25) is 0 Å². The van der Waals surface area contributed by atoms with E-state index in [-0.39, 0.29) is 12.0 Å². The summed E-state index contributed by atoms with van der Waals surface area (Å²) < 4.78 is 1.68. The predicted octanol–water partition coefficient (Wildman–Crippen LogP) is -0.555. The molecule has 0 saturated heterocycles. The largest absolute Gasteiger partial charge is 0.370 e. The highest BCUT2D eigenvalue weighted by Gasteiger charge is 2.24. The molecule has 2 aromatic heterocycles. The molecule has 3 amide bonds. The lowest BCUT2D eigenvalue weighted by Gasteiger charge is -2.16. The first-order valence-corrected chi connectivity index (χ1v) is 8.10. The molecule has 0 saturated carbocycles. The molecule has 0 aliphatic rings. The SMILES string of the molecule is CCn1cc(C(=O)N[C@@H](CC(N)=O)C(=O)NC)c(=O)c2ccc(C)nc21.